The summed E-state index contributed by atoms with van der Waals surface area (Å²) < 4.78 is 0. The van der Waals surface area contributed by atoms with Crippen LogP contribution in [0, 0.1) is 13.8 Å². The number of benzene rings is 1. The summed E-state index contributed by atoms with van der Waals surface area (Å²) in [4.78, 5) is 0. The molecule has 0 fully saturated rings. The molecule has 0 aliphatic heterocycles. The standard InChI is InChI=1S/C13H21NS/c1-9(2)15-8-13(14)12-6-10(3)5-11(4)7-12/h5-7,9,13H,8,14H2,1-4H3. The fourth-order valence-corrected chi connectivity index (χ4v) is 2.40. The molecule has 84 valence electrons. The Bertz CT molecular complexity index is 300. The summed E-state index contributed by atoms with van der Waals surface area (Å²) in [5.74, 6) is 1.00. The molecule has 0 saturated carbocycles. The van der Waals surface area contributed by atoms with Crippen LogP contribution in [0.2, 0.25) is 0 Å². The maximum Gasteiger partial charge on any atom is 0.0387 e. The van der Waals surface area contributed by atoms with Crippen LogP contribution in [0.15, 0.2) is 18.2 Å². The number of aryl methyl sites for hydroxylation is 2. The van der Waals surface area contributed by atoms with E-state index in [-0.39, 0.29) is 6.04 Å². The first-order valence-electron chi connectivity index (χ1n) is 5.44. The van der Waals surface area contributed by atoms with Gasteiger partial charge in [-0.1, -0.05) is 43.2 Å². The van der Waals surface area contributed by atoms with Crippen LogP contribution in [0.25, 0.3) is 0 Å². The second-order valence-corrected chi connectivity index (χ2v) is 6.02. The van der Waals surface area contributed by atoms with Crippen LogP contribution in [-0.2, 0) is 0 Å². The van der Waals surface area contributed by atoms with E-state index in [1.807, 2.05) is 11.8 Å². The van der Waals surface area contributed by atoms with Crippen molar-refractivity contribution in [3.63, 3.8) is 0 Å². The van der Waals surface area contributed by atoms with E-state index >= 15 is 0 Å². The molecule has 0 saturated heterocycles. The van der Waals surface area contributed by atoms with Gasteiger partial charge >= 0.3 is 0 Å². The minimum absolute atomic E-state index is 0.163. The third kappa shape index (κ3) is 4.27. The van der Waals surface area contributed by atoms with Gasteiger partial charge in [-0.3, -0.25) is 0 Å². The van der Waals surface area contributed by atoms with Gasteiger partial charge in [0.2, 0.25) is 0 Å². The molecule has 0 spiro atoms. The molecule has 2 heteroatoms. The lowest BCUT2D eigenvalue weighted by molar-refractivity contribution is 0.825. The smallest absolute Gasteiger partial charge is 0.0387 e. The van der Waals surface area contributed by atoms with E-state index in [4.69, 9.17) is 5.73 Å². The van der Waals surface area contributed by atoms with Gasteiger partial charge in [0.05, 0.1) is 0 Å². The van der Waals surface area contributed by atoms with Gasteiger partial charge in [-0.2, -0.15) is 11.8 Å². The van der Waals surface area contributed by atoms with Crippen LogP contribution in [0.5, 0.6) is 0 Å². The predicted molar refractivity (Wildman–Crippen MR) is 70.4 cm³/mol. The molecular weight excluding hydrogens is 202 g/mol. The van der Waals surface area contributed by atoms with E-state index in [0.29, 0.717) is 5.25 Å². The van der Waals surface area contributed by atoms with Gasteiger partial charge in [-0.15, -0.1) is 0 Å². The zero-order chi connectivity index (χ0) is 11.4. The highest BCUT2D eigenvalue weighted by molar-refractivity contribution is 7.99. The number of rotatable bonds is 4. The van der Waals surface area contributed by atoms with Crippen molar-refractivity contribution in [3.8, 4) is 0 Å². The molecule has 1 aromatic carbocycles. The Hall–Kier alpha value is -0.470. The van der Waals surface area contributed by atoms with Gasteiger partial charge in [0.1, 0.15) is 0 Å². The van der Waals surface area contributed by atoms with Crippen LogP contribution < -0.4 is 5.73 Å². The molecule has 0 radical (unpaired) electrons. The van der Waals surface area contributed by atoms with Gasteiger partial charge in [-0.25, -0.2) is 0 Å². The molecule has 0 heterocycles. The highest BCUT2D eigenvalue weighted by Crippen LogP contribution is 2.21. The van der Waals surface area contributed by atoms with Crippen molar-refractivity contribution in [2.75, 3.05) is 5.75 Å². The Morgan fingerprint density at radius 3 is 2.13 bits per heavy atom. The predicted octanol–water partition coefficient (Wildman–Crippen LogP) is 3.44. The quantitative estimate of drug-likeness (QED) is 0.846. The van der Waals surface area contributed by atoms with Crippen molar-refractivity contribution < 1.29 is 0 Å². The van der Waals surface area contributed by atoms with Crippen LogP contribution in [-0.4, -0.2) is 11.0 Å². The van der Waals surface area contributed by atoms with E-state index in [0.717, 1.165) is 5.75 Å². The summed E-state index contributed by atoms with van der Waals surface area (Å²) in [5.41, 5.74) is 10.0. The maximum atomic E-state index is 6.16. The second kappa shape index (κ2) is 5.57. The lowest BCUT2D eigenvalue weighted by atomic mass is 10.0. The molecule has 15 heavy (non-hydrogen) atoms. The molecule has 0 bridgehead atoms. The minimum atomic E-state index is 0.163. The molecule has 1 aromatic rings. The van der Waals surface area contributed by atoms with Crippen molar-refractivity contribution in [3.05, 3.63) is 34.9 Å². The highest BCUT2D eigenvalue weighted by atomic mass is 32.2. The molecule has 0 amide bonds. The van der Waals surface area contributed by atoms with Gasteiger partial charge in [0.25, 0.3) is 0 Å². The Kier molecular flexibility index (Phi) is 4.68. The van der Waals surface area contributed by atoms with Crippen LogP contribution >= 0.6 is 11.8 Å². The minimum Gasteiger partial charge on any atom is -0.323 e. The molecule has 0 aliphatic carbocycles. The fraction of sp³-hybridized carbons (Fsp3) is 0.538. The first kappa shape index (κ1) is 12.6. The molecule has 0 aromatic heterocycles. The molecule has 1 rings (SSSR count). The molecule has 2 N–H and O–H groups in total. The summed E-state index contributed by atoms with van der Waals surface area (Å²) in [7, 11) is 0. The van der Waals surface area contributed by atoms with E-state index < -0.39 is 0 Å². The van der Waals surface area contributed by atoms with Gasteiger partial charge in [0.15, 0.2) is 0 Å². The summed E-state index contributed by atoms with van der Waals surface area (Å²) in [5, 5.41) is 0.655. The summed E-state index contributed by atoms with van der Waals surface area (Å²) in [6, 6.07) is 6.74. The van der Waals surface area contributed by atoms with Crippen molar-refractivity contribution in [2.45, 2.75) is 39.0 Å². The van der Waals surface area contributed by atoms with Gasteiger partial charge in [0, 0.05) is 11.8 Å². The summed E-state index contributed by atoms with van der Waals surface area (Å²) in [6.45, 7) is 8.66. The van der Waals surface area contributed by atoms with Gasteiger partial charge < -0.3 is 5.73 Å². The van der Waals surface area contributed by atoms with E-state index in [2.05, 4.69) is 45.9 Å². The van der Waals surface area contributed by atoms with Gasteiger partial charge in [-0.05, 0) is 24.7 Å². The number of nitrogens with two attached hydrogens (primary N) is 1. The zero-order valence-electron chi connectivity index (χ0n) is 10.1. The number of thioether (sulfide) groups is 1. The molecular formula is C13H21NS. The summed E-state index contributed by atoms with van der Waals surface area (Å²) in [6.07, 6.45) is 0. The lowest BCUT2D eigenvalue weighted by Gasteiger charge is -2.14. The van der Waals surface area contributed by atoms with E-state index in [1.165, 1.54) is 16.7 Å². The lowest BCUT2D eigenvalue weighted by Crippen LogP contribution is -2.14. The first-order valence-corrected chi connectivity index (χ1v) is 6.49. The Balaban J connectivity index is 2.68. The zero-order valence-corrected chi connectivity index (χ0v) is 10.9. The third-order valence-electron chi connectivity index (χ3n) is 2.28. The van der Waals surface area contributed by atoms with Crippen molar-refractivity contribution in [1.29, 1.82) is 0 Å². The average molecular weight is 223 g/mol. The highest BCUT2D eigenvalue weighted by Gasteiger charge is 2.08. The molecule has 1 unspecified atom stereocenters. The largest absolute Gasteiger partial charge is 0.323 e. The van der Waals surface area contributed by atoms with Crippen molar-refractivity contribution in [2.24, 2.45) is 5.73 Å². The van der Waals surface area contributed by atoms with Crippen molar-refractivity contribution >= 4 is 11.8 Å². The molecule has 1 nitrogen and oxygen atoms in total. The number of hydrogen-bond acceptors (Lipinski definition) is 2. The summed E-state index contributed by atoms with van der Waals surface area (Å²) >= 11 is 1.92. The van der Waals surface area contributed by atoms with Crippen LogP contribution in [0.1, 0.15) is 36.6 Å². The Morgan fingerprint density at radius 1 is 1.13 bits per heavy atom. The van der Waals surface area contributed by atoms with E-state index in [1.54, 1.807) is 0 Å². The fourth-order valence-electron chi connectivity index (χ4n) is 1.62. The number of hydrogen-bond donors (Lipinski definition) is 1. The first-order chi connectivity index (χ1) is 6.99. The Labute approximate surface area is 97.4 Å². The van der Waals surface area contributed by atoms with Crippen LogP contribution in [0.3, 0.4) is 0 Å². The monoisotopic (exact) mass is 223 g/mol. The third-order valence-corrected chi connectivity index (χ3v) is 3.50. The topological polar surface area (TPSA) is 26.0 Å². The molecule has 1 atom stereocenters. The Morgan fingerprint density at radius 2 is 1.67 bits per heavy atom. The average Bonchev–Trinajstić information content (AvgIpc) is 2.12. The van der Waals surface area contributed by atoms with E-state index in [9.17, 15) is 0 Å². The van der Waals surface area contributed by atoms with Crippen LogP contribution in [0.4, 0.5) is 0 Å². The van der Waals surface area contributed by atoms with Crippen molar-refractivity contribution in [1.82, 2.24) is 0 Å². The molecule has 0 aliphatic rings. The second-order valence-electron chi connectivity index (χ2n) is 4.41. The maximum absolute atomic E-state index is 6.16. The normalized spacial score (nSPS) is 13.2. The SMILES string of the molecule is Cc1cc(C)cc(C(N)CSC(C)C)c1.